The molecule has 21 heavy (non-hydrogen) atoms. The van der Waals surface area contributed by atoms with Gasteiger partial charge in [0.2, 0.25) is 15.7 Å². The third-order valence-corrected chi connectivity index (χ3v) is 4.46. The molecule has 0 bridgehead atoms. The first-order chi connectivity index (χ1) is 9.80. The van der Waals surface area contributed by atoms with Crippen LogP contribution in [-0.4, -0.2) is 24.1 Å². The molecule has 0 fully saturated rings. The summed E-state index contributed by atoms with van der Waals surface area (Å²) < 4.78 is 25.4. The predicted molar refractivity (Wildman–Crippen MR) is 74.6 cm³/mol. The fourth-order valence-corrected chi connectivity index (χ4v) is 2.88. The van der Waals surface area contributed by atoms with Crippen molar-refractivity contribution in [2.45, 2.75) is 16.5 Å². The first-order valence-electron chi connectivity index (χ1n) is 5.68. The van der Waals surface area contributed by atoms with Crippen molar-refractivity contribution in [1.82, 2.24) is 9.78 Å². The van der Waals surface area contributed by atoms with Gasteiger partial charge in [0.25, 0.3) is 5.56 Å². The number of nitrogens with two attached hydrogens (primary N) is 1. The lowest BCUT2D eigenvalue weighted by molar-refractivity contribution is -0.118. The molecule has 0 saturated carbocycles. The van der Waals surface area contributed by atoms with E-state index in [1.807, 2.05) is 0 Å². The van der Waals surface area contributed by atoms with Crippen LogP contribution < -0.4 is 11.3 Å². The molecule has 9 heteroatoms. The monoisotopic (exact) mass is 327 g/mol. The lowest BCUT2D eigenvalue weighted by Gasteiger charge is -2.06. The van der Waals surface area contributed by atoms with Gasteiger partial charge >= 0.3 is 0 Å². The molecule has 1 aromatic carbocycles. The van der Waals surface area contributed by atoms with Crippen LogP contribution in [0, 0.1) is 0 Å². The Labute approximate surface area is 124 Å². The number of amides is 1. The van der Waals surface area contributed by atoms with Crippen LogP contribution in [0.2, 0.25) is 5.02 Å². The van der Waals surface area contributed by atoms with Crippen LogP contribution >= 0.6 is 11.6 Å². The lowest BCUT2D eigenvalue weighted by atomic mass is 10.4. The van der Waals surface area contributed by atoms with Crippen molar-refractivity contribution in [2.24, 2.45) is 5.73 Å². The quantitative estimate of drug-likeness (QED) is 0.863. The number of carbonyl (C=O) groups is 1. The van der Waals surface area contributed by atoms with E-state index < -0.39 is 27.8 Å². The molecule has 2 N–H and O–H groups in total. The van der Waals surface area contributed by atoms with E-state index in [1.165, 1.54) is 24.3 Å². The summed E-state index contributed by atoms with van der Waals surface area (Å²) in [5.41, 5.74) is 4.36. The van der Waals surface area contributed by atoms with Crippen molar-refractivity contribution in [2.75, 3.05) is 0 Å². The summed E-state index contributed by atoms with van der Waals surface area (Å²) in [4.78, 5) is 22.3. The average molecular weight is 328 g/mol. The number of rotatable bonds is 4. The van der Waals surface area contributed by atoms with Crippen LogP contribution in [0.1, 0.15) is 0 Å². The minimum absolute atomic E-state index is 0.0244. The summed E-state index contributed by atoms with van der Waals surface area (Å²) in [5, 5.41) is 3.70. The molecule has 2 rings (SSSR count). The van der Waals surface area contributed by atoms with E-state index in [0.717, 1.165) is 12.1 Å². The van der Waals surface area contributed by atoms with Crippen LogP contribution in [0.25, 0.3) is 0 Å². The van der Waals surface area contributed by atoms with Gasteiger partial charge in [-0.3, -0.25) is 9.59 Å². The van der Waals surface area contributed by atoms with Crippen LogP contribution in [0.5, 0.6) is 0 Å². The molecule has 0 saturated heterocycles. The molecular formula is C12H10ClN3O4S. The molecule has 110 valence electrons. The van der Waals surface area contributed by atoms with Crippen molar-refractivity contribution in [1.29, 1.82) is 0 Å². The van der Waals surface area contributed by atoms with E-state index >= 15 is 0 Å². The van der Waals surface area contributed by atoms with Crippen molar-refractivity contribution < 1.29 is 13.2 Å². The van der Waals surface area contributed by atoms with Gasteiger partial charge in [0.15, 0.2) is 5.03 Å². The summed E-state index contributed by atoms with van der Waals surface area (Å²) in [6.07, 6.45) is 0. The van der Waals surface area contributed by atoms with Crippen molar-refractivity contribution in [3.63, 3.8) is 0 Å². The Balaban J connectivity index is 2.52. The molecule has 2 aromatic rings. The van der Waals surface area contributed by atoms with Gasteiger partial charge in [-0.05, 0) is 30.3 Å². The maximum Gasteiger partial charge on any atom is 0.267 e. The van der Waals surface area contributed by atoms with Gasteiger partial charge in [-0.2, -0.15) is 5.10 Å². The zero-order valence-corrected chi connectivity index (χ0v) is 12.1. The number of carbonyl (C=O) groups excluding carboxylic acids is 1. The van der Waals surface area contributed by atoms with Gasteiger partial charge in [0, 0.05) is 11.1 Å². The minimum Gasteiger partial charge on any atom is -0.368 e. The number of nitrogens with zero attached hydrogens (tertiary/aromatic N) is 2. The van der Waals surface area contributed by atoms with E-state index in [-0.39, 0.29) is 9.92 Å². The average Bonchev–Trinajstić information content (AvgIpc) is 2.41. The van der Waals surface area contributed by atoms with Gasteiger partial charge in [0.05, 0.1) is 4.90 Å². The summed E-state index contributed by atoms with van der Waals surface area (Å²) >= 11 is 5.70. The highest BCUT2D eigenvalue weighted by atomic mass is 35.5. The predicted octanol–water partition coefficient (Wildman–Crippen LogP) is 0.215. The molecule has 0 aliphatic heterocycles. The highest BCUT2D eigenvalue weighted by Gasteiger charge is 2.20. The third kappa shape index (κ3) is 3.29. The molecule has 1 aromatic heterocycles. The number of halogens is 1. The summed E-state index contributed by atoms with van der Waals surface area (Å²) in [6.45, 7) is -0.497. The SMILES string of the molecule is NC(=O)Cn1nc(S(=O)(=O)c2ccc(Cl)cc2)ccc1=O. The van der Waals surface area contributed by atoms with Crippen LogP contribution in [0.15, 0.2) is 51.1 Å². The topological polar surface area (TPSA) is 112 Å². The van der Waals surface area contributed by atoms with E-state index in [0.29, 0.717) is 9.70 Å². The van der Waals surface area contributed by atoms with Crippen LogP contribution in [-0.2, 0) is 21.2 Å². The summed E-state index contributed by atoms with van der Waals surface area (Å²) in [5.74, 6) is -0.800. The van der Waals surface area contributed by atoms with Gasteiger partial charge < -0.3 is 5.73 Å². The second kappa shape index (κ2) is 5.66. The number of primary amides is 1. The van der Waals surface area contributed by atoms with Gasteiger partial charge in [-0.25, -0.2) is 13.1 Å². The Hall–Kier alpha value is -2.19. The minimum atomic E-state index is -3.91. The molecule has 0 aliphatic carbocycles. The van der Waals surface area contributed by atoms with Crippen LogP contribution in [0.4, 0.5) is 0 Å². The Morgan fingerprint density at radius 3 is 2.38 bits per heavy atom. The smallest absolute Gasteiger partial charge is 0.267 e. The summed E-state index contributed by atoms with van der Waals surface area (Å²) in [7, 11) is -3.91. The molecule has 0 atom stereocenters. The zero-order valence-electron chi connectivity index (χ0n) is 10.6. The molecule has 1 amide bonds. The van der Waals surface area contributed by atoms with Gasteiger partial charge in [0.1, 0.15) is 6.54 Å². The fourth-order valence-electron chi connectivity index (χ4n) is 1.57. The molecule has 1 heterocycles. The number of aromatic nitrogens is 2. The molecule has 0 spiro atoms. The maximum atomic E-state index is 12.4. The molecule has 0 radical (unpaired) electrons. The van der Waals surface area contributed by atoms with Crippen LogP contribution in [0.3, 0.4) is 0 Å². The number of hydrogen-bond donors (Lipinski definition) is 1. The highest BCUT2D eigenvalue weighted by molar-refractivity contribution is 7.91. The zero-order chi connectivity index (χ0) is 15.6. The highest BCUT2D eigenvalue weighted by Crippen LogP contribution is 2.20. The fraction of sp³-hybridized carbons (Fsp3) is 0.0833. The van der Waals surface area contributed by atoms with Gasteiger partial charge in [-0.1, -0.05) is 11.6 Å². The Morgan fingerprint density at radius 2 is 1.81 bits per heavy atom. The molecular weight excluding hydrogens is 318 g/mol. The summed E-state index contributed by atoms with van der Waals surface area (Å²) in [6, 6.07) is 7.58. The first kappa shape index (κ1) is 15.2. The maximum absolute atomic E-state index is 12.4. The van der Waals surface area contributed by atoms with Gasteiger partial charge in [-0.15, -0.1) is 0 Å². The molecule has 0 unspecified atom stereocenters. The van der Waals surface area contributed by atoms with E-state index in [4.69, 9.17) is 17.3 Å². The number of sulfone groups is 1. The Bertz CT molecular complexity index is 844. The van der Waals surface area contributed by atoms with E-state index in [9.17, 15) is 18.0 Å². The Kier molecular flexibility index (Phi) is 4.10. The molecule has 0 aliphatic rings. The standard InChI is InChI=1S/C12H10ClN3O4S/c13-8-1-3-9(4-2-8)21(19,20)11-5-6-12(18)16(15-11)7-10(14)17/h1-6H,7H2,(H2,14,17). The van der Waals surface area contributed by atoms with Crippen molar-refractivity contribution in [3.8, 4) is 0 Å². The number of hydrogen-bond acceptors (Lipinski definition) is 5. The first-order valence-corrected chi connectivity index (χ1v) is 7.54. The second-order valence-corrected chi connectivity index (χ2v) is 6.42. The third-order valence-electron chi connectivity index (χ3n) is 2.55. The largest absolute Gasteiger partial charge is 0.368 e. The van der Waals surface area contributed by atoms with E-state index in [1.54, 1.807) is 0 Å². The normalized spacial score (nSPS) is 11.3. The van der Waals surface area contributed by atoms with Crippen molar-refractivity contribution >= 4 is 27.3 Å². The van der Waals surface area contributed by atoms with E-state index in [2.05, 4.69) is 5.10 Å². The lowest BCUT2D eigenvalue weighted by Crippen LogP contribution is -2.30. The molecule has 7 nitrogen and oxygen atoms in total. The Morgan fingerprint density at radius 1 is 1.19 bits per heavy atom. The second-order valence-electron chi connectivity index (χ2n) is 4.09. The number of benzene rings is 1. The van der Waals surface area contributed by atoms with Crippen molar-refractivity contribution in [3.05, 3.63) is 51.8 Å².